The molecule has 1 aliphatic heterocycles. The van der Waals surface area contributed by atoms with Crippen LogP contribution < -0.4 is 0 Å². The molecule has 156 valence electrons. The molecule has 1 aromatic carbocycles. The Hall–Kier alpha value is -1.39. The van der Waals surface area contributed by atoms with Crippen LogP contribution in [0.5, 0.6) is 0 Å². The molecule has 0 radical (unpaired) electrons. The predicted molar refractivity (Wildman–Crippen MR) is 114 cm³/mol. The van der Waals surface area contributed by atoms with Gasteiger partial charge in [-0.3, -0.25) is 9.69 Å². The van der Waals surface area contributed by atoms with Gasteiger partial charge in [0.05, 0.1) is 6.61 Å². The average molecular weight is 387 g/mol. The molecule has 0 atom stereocenters. The number of methoxy groups -OCH3 is 1. The van der Waals surface area contributed by atoms with Gasteiger partial charge in [0.2, 0.25) is 5.91 Å². The van der Waals surface area contributed by atoms with Gasteiger partial charge in [0.15, 0.2) is 0 Å². The Balaban J connectivity index is 1.38. The van der Waals surface area contributed by atoms with Crippen molar-refractivity contribution in [2.75, 3.05) is 40.4 Å². The summed E-state index contributed by atoms with van der Waals surface area (Å²) in [4.78, 5) is 16.9. The number of benzene rings is 1. The highest BCUT2D eigenvalue weighted by molar-refractivity contribution is 5.76. The van der Waals surface area contributed by atoms with Crippen LogP contribution in [0.3, 0.4) is 0 Å². The van der Waals surface area contributed by atoms with Crippen molar-refractivity contribution < 1.29 is 9.53 Å². The molecule has 2 fully saturated rings. The summed E-state index contributed by atoms with van der Waals surface area (Å²) in [7, 11) is 3.88. The molecule has 28 heavy (non-hydrogen) atoms. The summed E-state index contributed by atoms with van der Waals surface area (Å²) >= 11 is 0. The van der Waals surface area contributed by atoms with Crippen LogP contribution in [-0.2, 0) is 22.5 Å². The van der Waals surface area contributed by atoms with Crippen molar-refractivity contribution in [2.45, 2.75) is 57.9 Å². The lowest BCUT2D eigenvalue weighted by Gasteiger charge is -2.32. The molecule has 4 heteroatoms. The second-order valence-corrected chi connectivity index (χ2v) is 8.93. The van der Waals surface area contributed by atoms with Gasteiger partial charge in [-0.15, -0.1) is 0 Å². The minimum Gasteiger partial charge on any atom is -0.383 e. The van der Waals surface area contributed by atoms with Crippen LogP contribution in [0.1, 0.15) is 56.1 Å². The van der Waals surface area contributed by atoms with E-state index in [1.807, 2.05) is 0 Å². The number of piperidine rings is 1. The van der Waals surface area contributed by atoms with Crippen molar-refractivity contribution >= 4 is 5.91 Å². The molecule has 0 bridgehead atoms. The zero-order valence-electron chi connectivity index (χ0n) is 17.9. The third-order valence-corrected chi connectivity index (χ3v) is 6.58. The van der Waals surface area contributed by atoms with Gasteiger partial charge >= 0.3 is 0 Å². The standard InChI is InChI=1S/C24H38N2O2/c1-25(15-16-28-2)19-23-9-7-21(8-10-23)17-22-11-13-26(14-12-22)24(27)18-20-5-3-4-6-20/h7-10,20,22H,3-6,11-19H2,1-2H3. The first kappa shape index (κ1) is 21.3. The summed E-state index contributed by atoms with van der Waals surface area (Å²) in [6.45, 7) is 4.61. The Kier molecular flexibility index (Phi) is 8.35. The average Bonchev–Trinajstić information content (AvgIpc) is 3.21. The Morgan fingerprint density at radius 1 is 1.04 bits per heavy atom. The van der Waals surface area contributed by atoms with Crippen molar-refractivity contribution in [3.05, 3.63) is 35.4 Å². The van der Waals surface area contributed by atoms with Crippen LogP contribution >= 0.6 is 0 Å². The highest BCUT2D eigenvalue weighted by Crippen LogP contribution is 2.29. The topological polar surface area (TPSA) is 32.8 Å². The van der Waals surface area contributed by atoms with Gasteiger partial charge in [-0.25, -0.2) is 0 Å². The molecule has 0 spiro atoms. The fourth-order valence-electron chi connectivity index (χ4n) is 4.73. The number of hydrogen-bond acceptors (Lipinski definition) is 3. The molecule has 1 saturated carbocycles. The lowest BCUT2D eigenvalue weighted by molar-refractivity contribution is -0.133. The fourth-order valence-corrected chi connectivity index (χ4v) is 4.73. The number of likely N-dealkylation sites (tertiary alicyclic amines) is 1. The molecule has 1 heterocycles. The summed E-state index contributed by atoms with van der Waals surface area (Å²) in [5, 5.41) is 0. The molecular formula is C24H38N2O2. The second kappa shape index (κ2) is 11.0. The minimum absolute atomic E-state index is 0.410. The highest BCUT2D eigenvalue weighted by Gasteiger charge is 2.26. The molecule has 1 saturated heterocycles. The summed E-state index contributed by atoms with van der Waals surface area (Å²) in [6, 6.07) is 9.10. The largest absolute Gasteiger partial charge is 0.383 e. The number of likely N-dealkylation sites (N-methyl/N-ethyl adjacent to an activating group) is 1. The number of carbonyl (C=O) groups is 1. The van der Waals surface area contributed by atoms with Gasteiger partial charge in [0.25, 0.3) is 0 Å². The molecule has 1 aromatic rings. The SMILES string of the molecule is COCCN(C)Cc1ccc(CC2CCN(C(=O)CC3CCCC3)CC2)cc1. The Labute approximate surface area is 171 Å². The fraction of sp³-hybridized carbons (Fsp3) is 0.708. The van der Waals surface area contributed by atoms with Gasteiger partial charge in [0.1, 0.15) is 0 Å². The molecule has 4 nitrogen and oxygen atoms in total. The summed E-state index contributed by atoms with van der Waals surface area (Å²) in [5.41, 5.74) is 2.79. The highest BCUT2D eigenvalue weighted by atomic mass is 16.5. The quantitative estimate of drug-likeness (QED) is 0.640. The lowest BCUT2D eigenvalue weighted by Crippen LogP contribution is -2.39. The van der Waals surface area contributed by atoms with E-state index in [9.17, 15) is 4.79 Å². The van der Waals surface area contributed by atoms with Crippen molar-refractivity contribution in [3.8, 4) is 0 Å². The first-order chi connectivity index (χ1) is 13.6. The van der Waals surface area contributed by atoms with Crippen LogP contribution in [-0.4, -0.2) is 56.1 Å². The van der Waals surface area contributed by atoms with E-state index >= 15 is 0 Å². The molecule has 1 amide bonds. The van der Waals surface area contributed by atoms with Crippen LogP contribution in [0.2, 0.25) is 0 Å². The van der Waals surface area contributed by atoms with Crippen molar-refractivity contribution in [3.63, 3.8) is 0 Å². The normalized spacial score (nSPS) is 18.9. The molecule has 1 aliphatic carbocycles. The van der Waals surface area contributed by atoms with Gasteiger partial charge in [-0.2, -0.15) is 0 Å². The number of amides is 1. The smallest absolute Gasteiger partial charge is 0.222 e. The van der Waals surface area contributed by atoms with E-state index in [-0.39, 0.29) is 0 Å². The Morgan fingerprint density at radius 3 is 2.32 bits per heavy atom. The van der Waals surface area contributed by atoms with Crippen molar-refractivity contribution in [2.24, 2.45) is 11.8 Å². The monoisotopic (exact) mass is 386 g/mol. The van der Waals surface area contributed by atoms with Crippen LogP contribution in [0.25, 0.3) is 0 Å². The van der Waals surface area contributed by atoms with E-state index in [4.69, 9.17) is 4.74 Å². The second-order valence-electron chi connectivity index (χ2n) is 8.93. The molecule has 3 rings (SSSR count). The number of carbonyl (C=O) groups excluding carboxylic acids is 1. The van der Waals surface area contributed by atoms with Gasteiger partial charge in [-0.1, -0.05) is 37.1 Å². The maximum absolute atomic E-state index is 12.5. The van der Waals surface area contributed by atoms with E-state index in [0.717, 1.165) is 58.5 Å². The third kappa shape index (κ3) is 6.59. The summed E-state index contributed by atoms with van der Waals surface area (Å²) < 4.78 is 5.14. The predicted octanol–water partition coefficient (Wildman–Crippen LogP) is 4.13. The van der Waals surface area contributed by atoms with E-state index in [1.165, 1.54) is 36.8 Å². The Bertz CT molecular complexity index is 587. The van der Waals surface area contributed by atoms with E-state index < -0.39 is 0 Å². The minimum atomic E-state index is 0.410. The van der Waals surface area contributed by atoms with Crippen LogP contribution in [0.15, 0.2) is 24.3 Å². The zero-order valence-corrected chi connectivity index (χ0v) is 17.9. The molecule has 0 unspecified atom stereocenters. The van der Waals surface area contributed by atoms with Gasteiger partial charge in [-0.05, 0) is 62.1 Å². The van der Waals surface area contributed by atoms with Crippen LogP contribution in [0.4, 0.5) is 0 Å². The van der Waals surface area contributed by atoms with Crippen molar-refractivity contribution in [1.29, 1.82) is 0 Å². The summed E-state index contributed by atoms with van der Waals surface area (Å²) in [6.07, 6.45) is 9.41. The van der Waals surface area contributed by atoms with E-state index in [2.05, 4.69) is 41.1 Å². The number of ether oxygens (including phenoxy) is 1. The first-order valence-electron chi connectivity index (χ1n) is 11.2. The van der Waals surface area contributed by atoms with Crippen LogP contribution in [0, 0.1) is 11.8 Å². The van der Waals surface area contributed by atoms with Gasteiger partial charge in [0, 0.05) is 39.7 Å². The number of hydrogen-bond donors (Lipinski definition) is 0. The molecule has 0 aromatic heterocycles. The summed E-state index contributed by atoms with van der Waals surface area (Å²) in [5.74, 6) is 1.79. The number of nitrogens with zero attached hydrogens (tertiary/aromatic N) is 2. The van der Waals surface area contributed by atoms with E-state index in [1.54, 1.807) is 7.11 Å². The zero-order chi connectivity index (χ0) is 19.8. The lowest BCUT2D eigenvalue weighted by atomic mass is 9.89. The first-order valence-corrected chi connectivity index (χ1v) is 11.2. The molecule has 0 N–H and O–H groups in total. The Morgan fingerprint density at radius 2 is 1.68 bits per heavy atom. The van der Waals surface area contributed by atoms with Crippen molar-refractivity contribution in [1.82, 2.24) is 9.80 Å². The maximum atomic E-state index is 12.5. The third-order valence-electron chi connectivity index (χ3n) is 6.58. The van der Waals surface area contributed by atoms with E-state index in [0.29, 0.717) is 17.7 Å². The number of rotatable bonds is 9. The maximum Gasteiger partial charge on any atom is 0.222 e. The van der Waals surface area contributed by atoms with Gasteiger partial charge < -0.3 is 9.64 Å². The molecule has 2 aliphatic rings. The molecular weight excluding hydrogens is 348 g/mol.